The molecule has 0 spiro atoms. The van der Waals surface area contributed by atoms with Crippen molar-refractivity contribution in [1.29, 1.82) is 0 Å². The quantitative estimate of drug-likeness (QED) is 0.00806. The van der Waals surface area contributed by atoms with Gasteiger partial charge in [-0.1, -0.05) is 97.4 Å². The molecule has 9 aromatic heterocycles. The maximum Gasteiger partial charge on any atom is 1.00 e. The Bertz CT molecular complexity index is 4800. The van der Waals surface area contributed by atoms with E-state index in [0.717, 1.165) is 142 Å². The Balaban J connectivity index is 0.000000314. The van der Waals surface area contributed by atoms with E-state index in [1.165, 1.54) is 12.1 Å². The van der Waals surface area contributed by atoms with Gasteiger partial charge in [-0.2, -0.15) is 57.2 Å². The van der Waals surface area contributed by atoms with Gasteiger partial charge in [0, 0.05) is 60.2 Å². The molecule has 0 bridgehead atoms. The second-order valence-corrected chi connectivity index (χ2v) is 30.3. The summed E-state index contributed by atoms with van der Waals surface area (Å²) in [6, 6.07) is 77.3. The third kappa shape index (κ3) is 34.2. The number of rotatable bonds is 39. The molecule has 0 unspecified atom stereocenters. The SMILES string of the molecule is CC(CS)CS.Cc1ccc(S(=O)(=O)OCCOCCOc2ccc(-c3cc(-c4ccccn4)nc(-c4ccccn4)c3)cc2)cc1.O=CO[O-].OC(CSCCOCCOc1ccc(-c2cc(-c3ccccn3)nc(-c3ccccn3)c2)cc1)CSCCOCCOc1ccc(-c2cc(-c3ccccn3)nc(-c3ccccn3)c2)cc1.[Cs+].[Cs+].[H-]. The van der Waals surface area contributed by atoms with Crippen LogP contribution in [-0.2, 0) is 38.2 Å². The second kappa shape index (κ2) is 55.4. The average Bonchev–Trinajstić information content (AvgIpc) is 0.810. The summed E-state index contributed by atoms with van der Waals surface area (Å²) in [5.74, 6) is 7.73. The van der Waals surface area contributed by atoms with Crippen LogP contribution < -0.4 is 157 Å². The van der Waals surface area contributed by atoms with Crippen molar-refractivity contribution in [2.24, 2.45) is 5.92 Å². The van der Waals surface area contributed by atoms with Crippen molar-refractivity contribution < 1.29 is 200 Å². The van der Waals surface area contributed by atoms with Crippen LogP contribution in [0.2, 0.25) is 0 Å². The Hall–Kier alpha value is -6.69. The summed E-state index contributed by atoms with van der Waals surface area (Å²) in [6.45, 7) is 7.56. The van der Waals surface area contributed by atoms with Crippen LogP contribution in [0, 0.1) is 12.8 Å². The molecule has 4 aromatic carbocycles. The number of hydrogen-bond acceptors (Lipinski definition) is 26. The summed E-state index contributed by atoms with van der Waals surface area (Å²) in [5.41, 5.74) is 16.5. The summed E-state index contributed by atoms with van der Waals surface area (Å²) < 4.78 is 64.2. The minimum atomic E-state index is -3.80. The Morgan fingerprint density at radius 1 is 0.395 bits per heavy atom. The molecule has 0 radical (unpaired) electrons. The zero-order valence-corrected chi connectivity index (χ0v) is 83.4. The van der Waals surface area contributed by atoms with Crippen LogP contribution in [0.15, 0.2) is 285 Å². The molecule has 0 aliphatic heterocycles. The van der Waals surface area contributed by atoms with Gasteiger partial charge in [0.05, 0.1) is 126 Å². The number of thiol groups is 2. The van der Waals surface area contributed by atoms with Gasteiger partial charge < -0.3 is 45.1 Å². The Morgan fingerprint density at radius 2 is 0.672 bits per heavy atom. The number of aliphatic hydroxyl groups is 1. The van der Waals surface area contributed by atoms with Crippen LogP contribution in [0.5, 0.6) is 17.2 Å². The Morgan fingerprint density at radius 3 is 0.924 bits per heavy atom. The fourth-order valence-electron chi connectivity index (χ4n) is 10.9. The number of carbonyl (C=O) groups excluding carboxylic acids is 1. The zero-order valence-electron chi connectivity index (χ0n) is 67.6. The van der Waals surface area contributed by atoms with Crippen molar-refractivity contribution in [3.8, 4) is 119 Å². The first kappa shape index (κ1) is 97.8. The van der Waals surface area contributed by atoms with Gasteiger partial charge >= 0.3 is 138 Å². The third-order valence-electron chi connectivity index (χ3n) is 16.9. The van der Waals surface area contributed by atoms with Crippen LogP contribution in [0.25, 0.3) is 102 Å². The van der Waals surface area contributed by atoms with Gasteiger partial charge in [0.25, 0.3) is 16.6 Å². The molecule has 0 aliphatic carbocycles. The first-order valence-electron chi connectivity index (χ1n) is 37.6. The van der Waals surface area contributed by atoms with Crippen LogP contribution in [-0.4, -0.2) is 172 Å². The minimum Gasteiger partial charge on any atom is -1.00 e. The van der Waals surface area contributed by atoms with Gasteiger partial charge in [-0.25, -0.2) is 15.0 Å². The van der Waals surface area contributed by atoms with Gasteiger partial charge in [0.15, 0.2) is 0 Å². The van der Waals surface area contributed by atoms with Gasteiger partial charge in [-0.05, 0) is 215 Å². The second-order valence-electron chi connectivity index (χ2n) is 25.7. The number of hydrogen-bond donors (Lipinski definition) is 3. The van der Waals surface area contributed by atoms with E-state index in [-0.39, 0.29) is 170 Å². The van der Waals surface area contributed by atoms with Crippen molar-refractivity contribution >= 4 is 65.4 Å². The molecule has 13 rings (SSSR count). The molecule has 29 heteroatoms. The molecule has 13 aromatic rings. The maximum atomic E-state index is 12.2. The van der Waals surface area contributed by atoms with Crippen molar-refractivity contribution in [2.75, 3.05) is 101 Å². The smallest absolute Gasteiger partial charge is 1.00 e. The summed E-state index contributed by atoms with van der Waals surface area (Å²) in [5, 5.41) is 18.9. The first-order valence-corrected chi connectivity index (χ1v) is 42.5. The molecule has 119 heavy (non-hydrogen) atoms. The molecule has 0 amide bonds. The van der Waals surface area contributed by atoms with Crippen molar-refractivity contribution in [3.63, 3.8) is 0 Å². The van der Waals surface area contributed by atoms with E-state index in [1.807, 2.05) is 201 Å². The van der Waals surface area contributed by atoms with Gasteiger partial charge in [0.1, 0.15) is 37.1 Å². The number of nitrogens with zero attached hydrogens (tertiary/aromatic N) is 9. The molecule has 1 N–H and O–H groups in total. The molecule has 0 fully saturated rings. The predicted octanol–water partition coefficient (Wildman–Crippen LogP) is 10.4. The predicted molar refractivity (Wildman–Crippen MR) is 467 cm³/mol. The molecule has 0 saturated heterocycles. The standard InChI is InChI=1S/C53H50N6O5S2.C32H29N3O5S.C4H10S2.CH2O3.2Cs.H/c60-43(37-65-31-29-61-25-27-63-44-17-13-39(14-18-44)41-33-50(46-9-1-5-21-54-46)58-51(34-41)47-10-2-6-22-55-47)38-66-32-30-62-26-28-64-45-19-15-40(16-20-45)42-35-52(48-11-3-7-23-56-48)59-53(36-42)49-12-4-8-24-57-49;1-24-8-14-28(15-9-24)41(36,37)40-21-19-38-18-20-39-27-12-10-25(11-13-27)26-22-31(29-6-2-4-16-33-29)35-32(23-26)30-7-3-5-17-34-30;1-4(2-5)3-6;2-1-4-3;;;/h1-24,33-36,43,60H,25-32,37-38H2;2-17,22-23H,18-21H2,1H3;4-6H,2-3H2,1H3;1,3H;;;/q;;;;2*+1;-1/p-1. The maximum absolute atomic E-state index is 12.2. The van der Waals surface area contributed by atoms with Gasteiger partial charge in [-0.3, -0.25) is 38.9 Å². The van der Waals surface area contributed by atoms with Crippen molar-refractivity contribution in [2.45, 2.75) is 24.8 Å². The Kier molecular flexibility index (Phi) is 45.5. The zero-order chi connectivity index (χ0) is 81.9. The molecule has 9 heterocycles. The van der Waals surface area contributed by atoms with E-state index < -0.39 is 10.1 Å². The Labute approximate surface area is 834 Å². The molecule has 22 nitrogen and oxygen atoms in total. The normalized spacial score (nSPS) is 10.8. The van der Waals surface area contributed by atoms with Gasteiger partial charge in [-0.15, -0.1) is 0 Å². The molecule has 0 atom stereocenters. The number of carbonyl (C=O) groups is 1. The average molecular weight is 1930 g/mol. The summed E-state index contributed by atoms with van der Waals surface area (Å²) >= 11 is 11.5. The number of ether oxygens (including phenoxy) is 6. The van der Waals surface area contributed by atoms with E-state index in [9.17, 15) is 13.5 Å². The topological polar surface area (TPSA) is 284 Å². The number of benzene rings is 4. The van der Waals surface area contributed by atoms with Crippen LogP contribution >= 0.6 is 48.8 Å². The number of thioether (sulfide) groups is 2. The largest absolute Gasteiger partial charge is 1.00 e. The van der Waals surface area contributed by atoms with E-state index in [1.54, 1.807) is 72.8 Å². The molecular formula is C90H91Cs2N9O13S5. The van der Waals surface area contributed by atoms with E-state index in [0.29, 0.717) is 76.0 Å². The van der Waals surface area contributed by atoms with E-state index >= 15 is 0 Å². The number of aliphatic hydroxyl groups excluding tert-OH is 1. The minimum absolute atomic E-state index is 0. The van der Waals surface area contributed by atoms with E-state index in [4.69, 9.17) is 57.6 Å². The van der Waals surface area contributed by atoms with Crippen molar-refractivity contribution in [3.05, 3.63) is 285 Å². The summed E-state index contributed by atoms with van der Waals surface area (Å²) in [6.07, 6.45) is 10.2. The van der Waals surface area contributed by atoms with Crippen molar-refractivity contribution in [1.82, 2.24) is 44.9 Å². The monoisotopic (exact) mass is 1930 g/mol. The number of pyridine rings is 9. The summed E-state index contributed by atoms with van der Waals surface area (Å²) in [4.78, 5) is 52.9. The first-order chi connectivity index (χ1) is 57.3. The fraction of sp³-hybridized carbons (Fsp3) is 0.222. The van der Waals surface area contributed by atoms with Gasteiger partial charge in [0.2, 0.25) is 0 Å². The van der Waals surface area contributed by atoms with Crippen LogP contribution in [0.1, 0.15) is 13.9 Å². The number of aromatic nitrogens is 9. The third-order valence-corrected chi connectivity index (χ3v) is 21.6. The van der Waals surface area contributed by atoms with E-state index in [2.05, 4.69) is 91.2 Å². The molecular weight excluding hydrogens is 1840 g/mol. The molecule has 0 saturated carbocycles. The van der Waals surface area contributed by atoms with Crippen LogP contribution in [0.3, 0.4) is 0 Å². The molecule has 0 aliphatic rings. The number of aryl methyl sites for hydroxylation is 1. The summed E-state index contributed by atoms with van der Waals surface area (Å²) in [7, 11) is -3.80. The fourth-order valence-corrected chi connectivity index (χ4v) is 14.0. The van der Waals surface area contributed by atoms with Crippen LogP contribution in [0.4, 0.5) is 0 Å². The molecule has 606 valence electrons.